The van der Waals surface area contributed by atoms with Crippen LogP contribution in [0.2, 0.25) is 0 Å². The van der Waals surface area contributed by atoms with Gasteiger partial charge in [-0.3, -0.25) is 9.69 Å². The quantitative estimate of drug-likeness (QED) is 0.915. The van der Waals surface area contributed by atoms with Gasteiger partial charge in [0, 0.05) is 45.3 Å². The van der Waals surface area contributed by atoms with Crippen molar-refractivity contribution in [3.8, 4) is 0 Å². The summed E-state index contributed by atoms with van der Waals surface area (Å²) in [7, 11) is 0. The molecule has 1 atom stereocenters. The first-order chi connectivity index (χ1) is 10.6. The topological polar surface area (TPSA) is 35.6 Å². The molecule has 1 N–H and O–H groups in total. The molecule has 22 heavy (non-hydrogen) atoms. The van der Waals surface area contributed by atoms with Crippen LogP contribution in [0, 0.1) is 13.8 Å². The molecule has 1 unspecified atom stereocenters. The molecule has 2 fully saturated rings. The van der Waals surface area contributed by atoms with E-state index in [2.05, 4.69) is 47.2 Å². The molecule has 4 heteroatoms. The number of amides is 1. The molecule has 2 aliphatic rings. The molecule has 1 aromatic rings. The highest BCUT2D eigenvalue weighted by Gasteiger charge is 2.30. The zero-order chi connectivity index (χ0) is 15.5. The van der Waals surface area contributed by atoms with Gasteiger partial charge in [0.15, 0.2) is 0 Å². The van der Waals surface area contributed by atoms with E-state index in [-0.39, 0.29) is 5.91 Å². The number of carbonyl (C=O) groups is 1. The van der Waals surface area contributed by atoms with Crippen LogP contribution < -0.4 is 5.32 Å². The summed E-state index contributed by atoms with van der Waals surface area (Å²) < 4.78 is 0. The average Bonchev–Trinajstić information content (AvgIpc) is 3.02. The van der Waals surface area contributed by atoms with Gasteiger partial charge in [0.1, 0.15) is 0 Å². The molecule has 0 aliphatic carbocycles. The lowest BCUT2D eigenvalue weighted by Crippen LogP contribution is -2.49. The lowest BCUT2D eigenvalue weighted by molar-refractivity contribution is -0.129. The summed E-state index contributed by atoms with van der Waals surface area (Å²) in [5, 5.41) is 3.39. The summed E-state index contributed by atoms with van der Waals surface area (Å²) in [4.78, 5) is 17.2. The monoisotopic (exact) mass is 301 g/mol. The highest BCUT2D eigenvalue weighted by molar-refractivity contribution is 5.79. The Bertz CT molecular complexity index is 537. The Labute approximate surface area is 133 Å². The molecule has 4 nitrogen and oxygen atoms in total. The number of piperazine rings is 1. The molecule has 2 heterocycles. The average molecular weight is 301 g/mol. The van der Waals surface area contributed by atoms with E-state index in [4.69, 9.17) is 0 Å². The van der Waals surface area contributed by atoms with Crippen molar-refractivity contribution in [3.63, 3.8) is 0 Å². The number of hydrogen-bond acceptors (Lipinski definition) is 3. The van der Waals surface area contributed by atoms with E-state index in [1.165, 1.54) is 16.7 Å². The number of benzene rings is 1. The predicted molar refractivity (Wildman–Crippen MR) is 89.0 cm³/mol. The van der Waals surface area contributed by atoms with Gasteiger partial charge >= 0.3 is 0 Å². The maximum Gasteiger partial charge on any atom is 0.227 e. The van der Waals surface area contributed by atoms with Crippen molar-refractivity contribution >= 4 is 5.91 Å². The zero-order valence-corrected chi connectivity index (χ0v) is 13.8. The summed E-state index contributed by atoms with van der Waals surface area (Å²) in [5.74, 6) is 0.284. The summed E-state index contributed by atoms with van der Waals surface area (Å²) >= 11 is 0. The van der Waals surface area contributed by atoms with Crippen molar-refractivity contribution in [2.75, 3.05) is 39.3 Å². The minimum absolute atomic E-state index is 0.284. The van der Waals surface area contributed by atoms with Gasteiger partial charge in [0.25, 0.3) is 0 Å². The second-order valence-corrected chi connectivity index (χ2v) is 6.67. The summed E-state index contributed by atoms with van der Waals surface area (Å²) in [6, 6.07) is 6.94. The van der Waals surface area contributed by atoms with Gasteiger partial charge in [0.05, 0.1) is 6.42 Å². The van der Waals surface area contributed by atoms with Gasteiger partial charge < -0.3 is 10.2 Å². The lowest BCUT2D eigenvalue weighted by atomic mass is 10.0. The second-order valence-electron chi connectivity index (χ2n) is 6.67. The normalized spacial score (nSPS) is 23.0. The van der Waals surface area contributed by atoms with E-state index in [0.29, 0.717) is 12.5 Å². The van der Waals surface area contributed by atoms with Gasteiger partial charge in [-0.25, -0.2) is 0 Å². The first-order valence-electron chi connectivity index (χ1n) is 8.42. The Morgan fingerprint density at radius 2 is 2.00 bits per heavy atom. The molecule has 3 rings (SSSR count). The van der Waals surface area contributed by atoms with Gasteiger partial charge in [-0.05, 0) is 31.4 Å². The van der Waals surface area contributed by atoms with Crippen LogP contribution in [0.25, 0.3) is 0 Å². The largest absolute Gasteiger partial charge is 0.341 e. The van der Waals surface area contributed by atoms with Gasteiger partial charge in [-0.2, -0.15) is 0 Å². The molecule has 0 aromatic heterocycles. The summed E-state index contributed by atoms with van der Waals surface area (Å²) in [6.45, 7) is 10.4. The van der Waals surface area contributed by atoms with Crippen molar-refractivity contribution < 1.29 is 4.79 Å². The molecule has 0 saturated carbocycles. The fourth-order valence-corrected chi connectivity index (χ4v) is 3.58. The number of carbonyl (C=O) groups excluding carboxylic acids is 1. The van der Waals surface area contributed by atoms with E-state index < -0.39 is 0 Å². The highest BCUT2D eigenvalue weighted by atomic mass is 16.2. The third-order valence-electron chi connectivity index (χ3n) is 5.03. The number of hydrogen-bond donors (Lipinski definition) is 1. The van der Waals surface area contributed by atoms with Gasteiger partial charge in [-0.1, -0.05) is 23.8 Å². The summed E-state index contributed by atoms with van der Waals surface area (Å²) in [6.07, 6.45) is 1.67. The smallest absolute Gasteiger partial charge is 0.227 e. The molecule has 1 amide bonds. The van der Waals surface area contributed by atoms with Crippen molar-refractivity contribution in [3.05, 3.63) is 34.9 Å². The molecular formula is C18H27N3O. The van der Waals surface area contributed by atoms with Crippen molar-refractivity contribution in [1.82, 2.24) is 15.1 Å². The Balaban J connectivity index is 1.58. The van der Waals surface area contributed by atoms with Crippen molar-refractivity contribution in [2.24, 2.45) is 0 Å². The van der Waals surface area contributed by atoms with Crippen LogP contribution in [0.15, 0.2) is 18.2 Å². The van der Waals surface area contributed by atoms with Crippen molar-refractivity contribution in [1.29, 1.82) is 0 Å². The minimum atomic E-state index is 0.284. The van der Waals surface area contributed by atoms with Crippen LogP contribution in [0.1, 0.15) is 23.1 Å². The Kier molecular flexibility index (Phi) is 4.79. The third-order valence-corrected chi connectivity index (χ3v) is 5.03. The first-order valence-corrected chi connectivity index (χ1v) is 8.42. The van der Waals surface area contributed by atoms with Crippen molar-refractivity contribution in [2.45, 2.75) is 32.7 Å². The van der Waals surface area contributed by atoms with Crippen LogP contribution in [-0.4, -0.2) is 61.0 Å². The van der Waals surface area contributed by atoms with E-state index in [1.54, 1.807) is 0 Å². The van der Waals surface area contributed by atoms with E-state index in [0.717, 1.165) is 45.7 Å². The van der Waals surface area contributed by atoms with Crippen LogP contribution >= 0.6 is 0 Å². The summed E-state index contributed by atoms with van der Waals surface area (Å²) in [5.41, 5.74) is 3.63. The highest BCUT2D eigenvalue weighted by Crippen LogP contribution is 2.19. The maximum absolute atomic E-state index is 12.6. The molecule has 2 aliphatic heterocycles. The minimum Gasteiger partial charge on any atom is -0.341 e. The number of rotatable bonds is 3. The number of likely N-dealkylation sites (tertiary alicyclic amines) is 1. The van der Waals surface area contributed by atoms with E-state index in [9.17, 15) is 4.79 Å². The zero-order valence-electron chi connectivity index (χ0n) is 13.8. The Morgan fingerprint density at radius 1 is 1.23 bits per heavy atom. The number of aryl methyl sites for hydroxylation is 2. The second kappa shape index (κ2) is 6.80. The van der Waals surface area contributed by atoms with E-state index >= 15 is 0 Å². The standard InChI is InChI=1S/C18H27N3O/c1-14-3-4-15(2)16(11-14)12-18(22)21-8-5-17(13-21)20-9-6-19-7-10-20/h3-4,11,17,19H,5-10,12-13H2,1-2H3. The molecule has 120 valence electrons. The van der Waals surface area contributed by atoms with Gasteiger partial charge in [-0.15, -0.1) is 0 Å². The molecular weight excluding hydrogens is 274 g/mol. The predicted octanol–water partition coefficient (Wildman–Crippen LogP) is 1.35. The molecule has 0 radical (unpaired) electrons. The van der Waals surface area contributed by atoms with Crippen LogP contribution in [0.5, 0.6) is 0 Å². The fraction of sp³-hybridized carbons (Fsp3) is 0.611. The lowest BCUT2D eigenvalue weighted by Gasteiger charge is -2.32. The fourth-order valence-electron chi connectivity index (χ4n) is 3.58. The molecule has 0 bridgehead atoms. The maximum atomic E-state index is 12.6. The Morgan fingerprint density at radius 3 is 2.77 bits per heavy atom. The molecule has 1 aromatic carbocycles. The number of nitrogens with one attached hydrogen (secondary N) is 1. The SMILES string of the molecule is Cc1ccc(C)c(CC(=O)N2CCC(N3CCNCC3)C2)c1. The first kappa shape index (κ1) is 15.5. The molecule has 2 saturated heterocycles. The van der Waals surface area contributed by atoms with Gasteiger partial charge in [0.2, 0.25) is 5.91 Å². The van der Waals surface area contributed by atoms with E-state index in [1.807, 2.05) is 0 Å². The molecule has 0 spiro atoms. The van der Waals surface area contributed by atoms with Crippen LogP contribution in [0.3, 0.4) is 0 Å². The van der Waals surface area contributed by atoms with Crippen LogP contribution in [-0.2, 0) is 11.2 Å². The van der Waals surface area contributed by atoms with Crippen LogP contribution in [0.4, 0.5) is 0 Å². The number of nitrogens with zero attached hydrogens (tertiary/aromatic N) is 2. The Hall–Kier alpha value is -1.39. The third kappa shape index (κ3) is 3.50.